The number of aromatic nitrogens is 2. The zero-order valence-electron chi connectivity index (χ0n) is 9.62. The number of nitrogens with zero attached hydrogens (tertiary/aromatic N) is 2. The first-order chi connectivity index (χ1) is 8.45. The standard InChI is InChI=1S/C11H9BrClN3OS/c1-5-3-7(18-9(5)12)10(17)16-11-14-6(2)4-8(13)15-11/h3-4H,1-2H3,(H,14,15,16,17). The molecule has 2 aromatic heterocycles. The van der Waals surface area contributed by atoms with Gasteiger partial charge in [-0.1, -0.05) is 11.6 Å². The highest BCUT2D eigenvalue weighted by atomic mass is 79.9. The first kappa shape index (κ1) is 13.5. The van der Waals surface area contributed by atoms with Crippen LogP contribution in [0.2, 0.25) is 5.15 Å². The molecule has 0 atom stereocenters. The summed E-state index contributed by atoms with van der Waals surface area (Å²) in [6.45, 7) is 3.71. The largest absolute Gasteiger partial charge is 0.290 e. The van der Waals surface area contributed by atoms with Crippen molar-refractivity contribution in [2.45, 2.75) is 13.8 Å². The molecule has 0 spiro atoms. The van der Waals surface area contributed by atoms with E-state index >= 15 is 0 Å². The summed E-state index contributed by atoms with van der Waals surface area (Å²) in [5.74, 6) is -0.0253. The van der Waals surface area contributed by atoms with Crippen molar-refractivity contribution in [1.82, 2.24) is 9.97 Å². The minimum atomic E-state index is -0.240. The average Bonchev–Trinajstić information content (AvgIpc) is 2.57. The molecule has 94 valence electrons. The molecule has 0 unspecified atom stereocenters. The van der Waals surface area contributed by atoms with Gasteiger partial charge in [-0.25, -0.2) is 9.97 Å². The second kappa shape index (κ2) is 5.34. The lowest BCUT2D eigenvalue weighted by Crippen LogP contribution is -2.13. The number of anilines is 1. The number of hydrogen-bond donors (Lipinski definition) is 1. The van der Waals surface area contributed by atoms with Gasteiger partial charge in [-0.3, -0.25) is 10.1 Å². The Balaban J connectivity index is 2.21. The number of carbonyl (C=O) groups excluding carboxylic acids is 1. The molecule has 2 heterocycles. The predicted octanol–water partition coefficient (Wildman–Crippen LogP) is 3.82. The van der Waals surface area contributed by atoms with Crippen LogP contribution < -0.4 is 5.32 Å². The molecule has 4 nitrogen and oxygen atoms in total. The van der Waals surface area contributed by atoms with Gasteiger partial charge in [-0.2, -0.15) is 0 Å². The summed E-state index contributed by atoms with van der Waals surface area (Å²) < 4.78 is 0.941. The van der Waals surface area contributed by atoms with Crippen molar-refractivity contribution >= 4 is 50.7 Å². The normalized spacial score (nSPS) is 10.4. The summed E-state index contributed by atoms with van der Waals surface area (Å²) in [6.07, 6.45) is 0. The number of aryl methyl sites for hydroxylation is 2. The van der Waals surface area contributed by atoms with E-state index in [0.29, 0.717) is 15.7 Å². The number of thiophene rings is 1. The second-order valence-corrected chi connectivity index (χ2v) is 6.43. The number of nitrogens with one attached hydrogen (secondary N) is 1. The van der Waals surface area contributed by atoms with Gasteiger partial charge in [0.15, 0.2) is 0 Å². The Bertz CT molecular complexity index is 575. The Morgan fingerprint density at radius 2 is 2.11 bits per heavy atom. The maximum absolute atomic E-state index is 12.0. The van der Waals surface area contributed by atoms with E-state index in [9.17, 15) is 4.79 Å². The molecule has 1 amide bonds. The van der Waals surface area contributed by atoms with Crippen molar-refractivity contribution in [3.63, 3.8) is 0 Å². The molecule has 0 fully saturated rings. The van der Waals surface area contributed by atoms with Crippen LogP contribution in [-0.4, -0.2) is 15.9 Å². The molecule has 0 aliphatic heterocycles. The lowest BCUT2D eigenvalue weighted by Gasteiger charge is -2.03. The predicted molar refractivity (Wildman–Crippen MR) is 76.5 cm³/mol. The summed E-state index contributed by atoms with van der Waals surface area (Å²) in [5.41, 5.74) is 1.72. The molecule has 2 aromatic rings. The maximum Gasteiger partial charge on any atom is 0.268 e. The van der Waals surface area contributed by atoms with Crippen molar-refractivity contribution in [3.8, 4) is 0 Å². The van der Waals surface area contributed by atoms with E-state index in [0.717, 1.165) is 9.35 Å². The van der Waals surface area contributed by atoms with Crippen LogP contribution in [0.4, 0.5) is 5.95 Å². The third kappa shape index (κ3) is 3.07. The zero-order chi connectivity index (χ0) is 13.3. The second-order valence-electron chi connectivity index (χ2n) is 3.68. The van der Waals surface area contributed by atoms with Crippen molar-refractivity contribution in [2.75, 3.05) is 5.32 Å². The molecule has 1 N–H and O–H groups in total. The topological polar surface area (TPSA) is 54.9 Å². The molecule has 0 radical (unpaired) electrons. The number of rotatable bonds is 2. The van der Waals surface area contributed by atoms with E-state index in [2.05, 4.69) is 31.2 Å². The quantitative estimate of drug-likeness (QED) is 0.841. The van der Waals surface area contributed by atoms with E-state index in [1.807, 2.05) is 13.0 Å². The molecule has 2 rings (SSSR count). The average molecular weight is 347 g/mol. The molecule has 0 bridgehead atoms. The van der Waals surface area contributed by atoms with E-state index < -0.39 is 0 Å². The Hall–Kier alpha value is -0.980. The fourth-order valence-electron chi connectivity index (χ4n) is 1.32. The molecule has 0 saturated carbocycles. The van der Waals surface area contributed by atoms with Crippen LogP contribution in [0.15, 0.2) is 15.9 Å². The molecule has 7 heteroatoms. The van der Waals surface area contributed by atoms with Crippen molar-refractivity contribution < 1.29 is 4.79 Å². The molecule has 0 saturated heterocycles. The molecule has 0 aliphatic rings. The molecule has 0 aromatic carbocycles. The maximum atomic E-state index is 12.0. The Labute approximate surface area is 122 Å². The fourth-order valence-corrected chi connectivity index (χ4v) is 2.99. The van der Waals surface area contributed by atoms with Gasteiger partial charge in [0.25, 0.3) is 5.91 Å². The first-order valence-electron chi connectivity index (χ1n) is 5.04. The molecular weight excluding hydrogens is 338 g/mol. The highest BCUT2D eigenvalue weighted by molar-refractivity contribution is 9.11. The van der Waals surface area contributed by atoms with Crippen molar-refractivity contribution in [2.24, 2.45) is 0 Å². The van der Waals surface area contributed by atoms with Gasteiger partial charge in [-0.05, 0) is 47.5 Å². The smallest absolute Gasteiger partial charge is 0.268 e. The summed E-state index contributed by atoms with van der Waals surface area (Å²) in [6, 6.07) is 3.44. The van der Waals surface area contributed by atoms with Gasteiger partial charge >= 0.3 is 0 Å². The van der Waals surface area contributed by atoms with E-state index in [4.69, 9.17) is 11.6 Å². The minimum absolute atomic E-state index is 0.215. The van der Waals surface area contributed by atoms with Crippen molar-refractivity contribution in [3.05, 3.63) is 37.2 Å². The van der Waals surface area contributed by atoms with Crippen molar-refractivity contribution in [1.29, 1.82) is 0 Å². The van der Waals surface area contributed by atoms with E-state index in [-0.39, 0.29) is 11.9 Å². The number of carbonyl (C=O) groups is 1. The van der Waals surface area contributed by atoms with Crippen LogP contribution in [0.25, 0.3) is 0 Å². The summed E-state index contributed by atoms with van der Waals surface area (Å²) in [7, 11) is 0. The number of amides is 1. The summed E-state index contributed by atoms with van der Waals surface area (Å²) in [4.78, 5) is 20.6. The van der Waals surface area contributed by atoms with Crippen LogP contribution in [0.1, 0.15) is 20.9 Å². The SMILES string of the molecule is Cc1cc(Cl)nc(NC(=O)c2cc(C)c(Br)s2)n1. The monoisotopic (exact) mass is 345 g/mol. The van der Waals surface area contributed by atoms with Gasteiger partial charge in [0.1, 0.15) is 5.15 Å². The highest BCUT2D eigenvalue weighted by Gasteiger charge is 2.13. The summed E-state index contributed by atoms with van der Waals surface area (Å²) in [5, 5.41) is 2.93. The third-order valence-corrected chi connectivity index (χ3v) is 4.46. The van der Waals surface area contributed by atoms with E-state index in [1.165, 1.54) is 11.3 Å². The van der Waals surface area contributed by atoms with Gasteiger partial charge in [0.05, 0.1) is 8.66 Å². The summed E-state index contributed by atoms with van der Waals surface area (Å²) >= 11 is 10.5. The highest BCUT2D eigenvalue weighted by Crippen LogP contribution is 2.27. The lowest BCUT2D eigenvalue weighted by atomic mass is 10.3. The van der Waals surface area contributed by atoms with Gasteiger partial charge in [0.2, 0.25) is 5.95 Å². The molecule has 0 aliphatic carbocycles. The Morgan fingerprint density at radius 1 is 1.39 bits per heavy atom. The van der Waals surface area contributed by atoms with Gasteiger partial charge in [-0.15, -0.1) is 11.3 Å². The van der Waals surface area contributed by atoms with E-state index in [1.54, 1.807) is 13.0 Å². The van der Waals surface area contributed by atoms with Crippen LogP contribution in [0, 0.1) is 13.8 Å². The van der Waals surface area contributed by atoms with Crippen LogP contribution in [0.5, 0.6) is 0 Å². The lowest BCUT2D eigenvalue weighted by molar-refractivity contribution is 0.102. The Morgan fingerprint density at radius 3 is 2.67 bits per heavy atom. The zero-order valence-corrected chi connectivity index (χ0v) is 12.8. The molecular formula is C11H9BrClN3OS. The number of halogens is 2. The Kier molecular flexibility index (Phi) is 3.99. The minimum Gasteiger partial charge on any atom is -0.290 e. The van der Waals surface area contributed by atoms with Crippen LogP contribution in [0.3, 0.4) is 0 Å². The van der Waals surface area contributed by atoms with Gasteiger partial charge < -0.3 is 0 Å². The van der Waals surface area contributed by atoms with Crippen LogP contribution in [-0.2, 0) is 0 Å². The fraction of sp³-hybridized carbons (Fsp3) is 0.182. The third-order valence-electron chi connectivity index (χ3n) is 2.13. The van der Waals surface area contributed by atoms with Crippen LogP contribution >= 0.6 is 38.9 Å². The first-order valence-corrected chi connectivity index (χ1v) is 7.03. The number of hydrogen-bond acceptors (Lipinski definition) is 4. The van der Waals surface area contributed by atoms with Gasteiger partial charge in [0, 0.05) is 5.69 Å². The molecule has 18 heavy (non-hydrogen) atoms.